The minimum Gasteiger partial charge on any atom is -0.383 e. The number of thioether (sulfide) groups is 1. The third kappa shape index (κ3) is 3.82. The molecule has 1 aromatic carbocycles. The van der Waals surface area contributed by atoms with Gasteiger partial charge in [0.15, 0.2) is 0 Å². The van der Waals surface area contributed by atoms with Crippen molar-refractivity contribution in [1.29, 1.82) is 0 Å². The van der Waals surface area contributed by atoms with Gasteiger partial charge in [0.25, 0.3) is 0 Å². The maximum atomic E-state index is 13.1. The first kappa shape index (κ1) is 15.5. The largest absolute Gasteiger partial charge is 0.383 e. The predicted octanol–water partition coefficient (Wildman–Crippen LogP) is 4.22. The summed E-state index contributed by atoms with van der Waals surface area (Å²) in [7, 11) is 0. The topological polar surface area (TPSA) is 51.8 Å². The Morgan fingerprint density at radius 1 is 1.35 bits per heavy atom. The fourth-order valence-electron chi connectivity index (χ4n) is 1.68. The molecule has 0 saturated carbocycles. The zero-order valence-electron chi connectivity index (χ0n) is 11.2. The van der Waals surface area contributed by atoms with Crippen LogP contribution in [0.2, 0.25) is 0 Å². The van der Waals surface area contributed by atoms with E-state index in [0.717, 1.165) is 14.2 Å². The second kappa shape index (κ2) is 6.71. The first-order valence-corrected chi connectivity index (χ1v) is 8.24. The van der Waals surface area contributed by atoms with Crippen molar-refractivity contribution in [2.75, 3.05) is 5.73 Å². The van der Waals surface area contributed by atoms with Gasteiger partial charge in [-0.1, -0.05) is 19.9 Å². The molecule has 2 rings (SSSR count). The number of rotatable bonds is 4. The molecule has 0 bridgehead atoms. The molecule has 0 atom stereocenters. The lowest BCUT2D eigenvalue weighted by atomic mass is 10.1. The van der Waals surface area contributed by atoms with Crippen LogP contribution in [0.1, 0.15) is 31.3 Å². The average Bonchev–Trinajstić information content (AvgIpc) is 2.39. The molecule has 20 heavy (non-hydrogen) atoms. The van der Waals surface area contributed by atoms with Gasteiger partial charge in [-0.15, -0.1) is 11.8 Å². The van der Waals surface area contributed by atoms with Crippen LogP contribution in [-0.4, -0.2) is 9.97 Å². The van der Waals surface area contributed by atoms with E-state index in [2.05, 4.69) is 46.4 Å². The molecule has 106 valence electrons. The second-order valence-corrected chi connectivity index (χ2v) is 6.75. The number of hydrogen-bond acceptors (Lipinski definition) is 4. The van der Waals surface area contributed by atoms with E-state index in [-0.39, 0.29) is 5.82 Å². The summed E-state index contributed by atoms with van der Waals surface area (Å²) in [6.07, 6.45) is 0. The van der Waals surface area contributed by atoms with Crippen molar-refractivity contribution >= 4 is 40.2 Å². The first-order chi connectivity index (χ1) is 9.47. The monoisotopic (exact) mass is 403 g/mol. The highest BCUT2D eigenvalue weighted by Gasteiger charge is 2.13. The molecule has 0 saturated heterocycles. The first-order valence-electron chi connectivity index (χ1n) is 6.17. The highest BCUT2D eigenvalue weighted by atomic mass is 127. The number of benzene rings is 1. The van der Waals surface area contributed by atoms with Crippen molar-refractivity contribution in [3.8, 4) is 0 Å². The molecule has 0 fully saturated rings. The van der Waals surface area contributed by atoms with Gasteiger partial charge in [0, 0.05) is 4.90 Å². The molecule has 0 aliphatic carbocycles. The van der Waals surface area contributed by atoms with Crippen LogP contribution in [-0.2, 0) is 5.75 Å². The van der Waals surface area contributed by atoms with Crippen LogP contribution in [0.5, 0.6) is 0 Å². The summed E-state index contributed by atoms with van der Waals surface area (Å²) in [6.45, 7) is 4.15. The van der Waals surface area contributed by atoms with Gasteiger partial charge >= 0.3 is 0 Å². The van der Waals surface area contributed by atoms with E-state index in [1.165, 1.54) is 23.9 Å². The number of halogens is 2. The molecule has 0 amide bonds. The quantitative estimate of drug-likeness (QED) is 0.614. The summed E-state index contributed by atoms with van der Waals surface area (Å²) in [4.78, 5) is 9.71. The standard InChI is InChI=1S/C14H15FIN3S/c1-8(2)13-12(16)14(17)19-11(18-13)7-20-10-5-3-4-9(15)6-10/h3-6,8H,7H2,1-2H3,(H2,17,18,19). The molecule has 2 aromatic rings. The molecule has 1 aromatic heterocycles. The number of nitrogen functional groups attached to an aromatic ring is 1. The van der Waals surface area contributed by atoms with Gasteiger partial charge in [0.1, 0.15) is 17.5 Å². The number of nitrogens with zero attached hydrogens (tertiary/aromatic N) is 2. The highest BCUT2D eigenvalue weighted by molar-refractivity contribution is 14.1. The normalized spacial score (nSPS) is 11.1. The Kier molecular flexibility index (Phi) is 5.20. The second-order valence-electron chi connectivity index (χ2n) is 4.63. The summed E-state index contributed by atoms with van der Waals surface area (Å²) in [5, 5.41) is 0. The lowest BCUT2D eigenvalue weighted by Gasteiger charge is -2.11. The third-order valence-electron chi connectivity index (χ3n) is 2.66. The van der Waals surface area contributed by atoms with Crippen molar-refractivity contribution in [2.24, 2.45) is 0 Å². The van der Waals surface area contributed by atoms with E-state index >= 15 is 0 Å². The van der Waals surface area contributed by atoms with Gasteiger partial charge in [-0.2, -0.15) is 0 Å². The maximum absolute atomic E-state index is 13.1. The summed E-state index contributed by atoms with van der Waals surface area (Å²) in [5.41, 5.74) is 6.89. The van der Waals surface area contributed by atoms with Crippen LogP contribution in [0.15, 0.2) is 29.2 Å². The van der Waals surface area contributed by atoms with Crippen molar-refractivity contribution in [3.05, 3.63) is 45.2 Å². The zero-order valence-corrected chi connectivity index (χ0v) is 14.2. The van der Waals surface area contributed by atoms with E-state index in [1.807, 2.05) is 6.07 Å². The van der Waals surface area contributed by atoms with Gasteiger partial charge < -0.3 is 5.73 Å². The van der Waals surface area contributed by atoms with Crippen LogP contribution >= 0.6 is 34.4 Å². The van der Waals surface area contributed by atoms with Gasteiger partial charge in [-0.25, -0.2) is 14.4 Å². The van der Waals surface area contributed by atoms with E-state index in [4.69, 9.17) is 5.73 Å². The number of aromatic nitrogens is 2. The molecule has 2 N–H and O–H groups in total. The lowest BCUT2D eigenvalue weighted by molar-refractivity contribution is 0.624. The Morgan fingerprint density at radius 2 is 2.10 bits per heavy atom. The van der Waals surface area contributed by atoms with Crippen LogP contribution in [0.3, 0.4) is 0 Å². The molecule has 3 nitrogen and oxygen atoms in total. The van der Waals surface area contributed by atoms with Crippen LogP contribution in [0.25, 0.3) is 0 Å². The molecular formula is C14H15FIN3S. The summed E-state index contributed by atoms with van der Waals surface area (Å²) in [6, 6.07) is 6.50. The van der Waals surface area contributed by atoms with E-state index in [9.17, 15) is 4.39 Å². The third-order valence-corrected chi connectivity index (χ3v) is 4.75. The SMILES string of the molecule is CC(C)c1nc(CSc2cccc(F)c2)nc(N)c1I. The molecule has 0 aliphatic rings. The summed E-state index contributed by atoms with van der Waals surface area (Å²) >= 11 is 3.67. The van der Waals surface area contributed by atoms with Crippen LogP contribution in [0, 0.1) is 9.39 Å². The Hall–Kier alpha value is -0.890. The zero-order chi connectivity index (χ0) is 14.7. The molecule has 0 spiro atoms. The Labute approximate surface area is 135 Å². The van der Waals surface area contributed by atoms with E-state index < -0.39 is 0 Å². The van der Waals surface area contributed by atoms with Crippen LogP contribution in [0.4, 0.5) is 10.2 Å². The Morgan fingerprint density at radius 3 is 2.75 bits per heavy atom. The minimum absolute atomic E-state index is 0.235. The molecule has 0 aliphatic heterocycles. The highest BCUT2D eigenvalue weighted by Crippen LogP contribution is 2.26. The number of nitrogens with two attached hydrogens (primary N) is 1. The maximum Gasteiger partial charge on any atom is 0.141 e. The minimum atomic E-state index is -0.235. The smallest absolute Gasteiger partial charge is 0.141 e. The fraction of sp³-hybridized carbons (Fsp3) is 0.286. The summed E-state index contributed by atoms with van der Waals surface area (Å²) < 4.78 is 14.0. The van der Waals surface area contributed by atoms with E-state index in [0.29, 0.717) is 23.3 Å². The van der Waals surface area contributed by atoms with E-state index in [1.54, 1.807) is 6.07 Å². The summed E-state index contributed by atoms with van der Waals surface area (Å²) in [5.74, 6) is 1.83. The van der Waals surface area contributed by atoms with Gasteiger partial charge in [-0.3, -0.25) is 0 Å². The molecule has 6 heteroatoms. The predicted molar refractivity (Wildman–Crippen MR) is 89.2 cm³/mol. The number of anilines is 1. The average molecular weight is 403 g/mol. The van der Waals surface area contributed by atoms with Crippen molar-refractivity contribution in [3.63, 3.8) is 0 Å². The van der Waals surface area contributed by atoms with Crippen molar-refractivity contribution < 1.29 is 4.39 Å². The van der Waals surface area contributed by atoms with Crippen molar-refractivity contribution in [1.82, 2.24) is 9.97 Å². The Balaban J connectivity index is 2.18. The number of hydrogen-bond donors (Lipinski definition) is 1. The van der Waals surface area contributed by atoms with Gasteiger partial charge in [0.05, 0.1) is 15.0 Å². The molecule has 0 radical (unpaired) electrons. The molecule has 0 unspecified atom stereocenters. The van der Waals surface area contributed by atoms with Gasteiger partial charge in [-0.05, 0) is 46.7 Å². The van der Waals surface area contributed by atoms with Gasteiger partial charge in [0.2, 0.25) is 0 Å². The fourth-order valence-corrected chi connectivity index (χ4v) is 3.34. The van der Waals surface area contributed by atoms with Crippen molar-refractivity contribution in [2.45, 2.75) is 30.4 Å². The Bertz CT molecular complexity index is 619. The molecular weight excluding hydrogens is 388 g/mol. The molecule has 1 heterocycles. The van der Waals surface area contributed by atoms with Crippen LogP contribution < -0.4 is 5.73 Å². The lowest BCUT2D eigenvalue weighted by Crippen LogP contribution is -2.08.